The lowest BCUT2D eigenvalue weighted by molar-refractivity contribution is -0.233. The van der Waals surface area contributed by atoms with Crippen LogP contribution >= 0.6 is 0 Å². The van der Waals surface area contributed by atoms with Crippen LogP contribution in [0.5, 0.6) is 0 Å². The fourth-order valence-corrected chi connectivity index (χ4v) is 1.13. The summed E-state index contributed by atoms with van der Waals surface area (Å²) in [6.07, 6.45) is 9.22. The molecular weight excluding hydrogens is 156 g/mol. The van der Waals surface area contributed by atoms with Crippen molar-refractivity contribution in [1.82, 2.24) is 0 Å². The summed E-state index contributed by atoms with van der Waals surface area (Å²) in [6.45, 7) is 1.60. The van der Waals surface area contributed by atoms with Crippen molar-refractivity contribution in [2.75, 3.05) is 0 Å². The van der Waals surface area contributed by atoms with Crippen LogP contribution in [0.1, 0.15) is 51.9 Å². The molecule has 1 aliphatic rings. The molecule has 3 heteroatoms. The van der Waals surface area contributed by atoms with E-state index in [1.165, 1.54) is 38.5 Å². The third-order valence-corrected chi connectivity index (χ3v) is 1.89. The maximum absolute atomic E-state index is 9.71. The van der Waals surface area contributed by atoms with Gasteiger partial charge in [0.2, 0.25) is 0 Å². The predicted molar refractivity (Wildman–Crippen MR) is 46.7 cm³/mol. The zero-order chi connectivity index (χ0) is 9.23. The molecule has 3 nitrogen and oxygen atoms in total. The molecule has 0 saturated heterocycles. The van der Waals surface area contributed by atoms with E-state index in [4.69, 9.17) is 5.26 Å². The number of carbonyl (C=O) groups is 1. The predicted octanol–water partition coefficient (Wildman–Crippen LogP) is 2.75. The van der Waals surface area contributed by atoms with Crippen molar-refractivity contribution in [3.63, 3.8) is 0 Å². The van der Waals surface area contributed by atoms with Crippen molar-refractivity contribution in [2.24, 2.45) is 0 Å². The maximum Gasteiger partial charge on any atom is 0.341 e. The lowest BCUT2D eigenvalue weighted by Crippen LogP contribution is -1.95. The summed E-state index contributed by atoms with van der Waals surface area (Å²) in [4.78, 5) is 13.0. The Morgan fingerprint density at radius 2 is 1.50 bits per heavy atom. The van der Waals surface area contributed by atoms with Gasteiger partial charge in [0, 0.05) is 6.42 Å². The highest BCUT2D eigenvalue weighted by Crippen LogP contribution is 2.15. The van der Waals surface area contributed by atoms with Crippen molar-refractivity contribution >= 4 is 5.97 Å². The zero-order valence-corrected chi connectivity index (χ0v) is 7.71. The highest BCUT2D eigenvalue weighted by Gasteiger charge is 1.95. The van der Waals surface area contributed by atoms with Crippen LogP contribution in [0.25, 0.3) is 0 Å². The van der Waals surface area contributed by atoms with Crippen molar-refractivity contribution in [2.45, 2.75) is 51.9 Å². The van der Waals surface area contributed by atoms with Gasteiger partial charge in [-0.05, 0) is 0 Å². The summed E-state index contributed by atoms with van der Waals surface area (Å²) in [5, 5.41) is 7.49. The molecule has 72 valence electrons. The molecule has 1 fully saturated rings. The van der Waals surface area contributed by atoms with Crippen LogP contribution in [0, 0.1) is 0 Å². The molecule has 0 aliphatic heterocycles. The summed E-state index contributed by atoms with van der Waals surface area (Å²) in [5.41, 5.74) is 0. The molecule has 12 heavy (non-hydrogen) atoms. The van der Waals surface area contributed by atoms with Crippen LogP contribution < -0.4 is 0 Å². The van der Waals surface area contributed by atoms with E-state index in [1.807, 2.05) is 0 Å². The first-order valence-corrected chi connectivity index (χ1v) is 4.65. The molecule has 1 aliphatic carbocycles. The Morgan fingerprint density at radius 3 is 1.58 bits per heavy atom. The molecule has 0 aromatic carbocycles. The molecule has 0 unspecified atom stereocenters. The number of hydrogen-bond acceptors (Lipinski definition) is 3. The second-order valence-corrected chi connectivity index (χ2v) is 2.94. The van der Waals surface area contributed by atoms with Gasteiger partial charge in [-0.15, -0.1) is 0 Å². The second-order valence-electron chi connectivity index (χ2n) is 2.94. The Balaban J connectivity index is 0.000000202. The van der Waals surface area contributed by atoms with Gasteiger partial charge in [0.25, 0.3) is 0 Å². The van der Waals surface area contributed by atoms with Gasteiger partial charge in [0.1, 0.15) is 0 Å². The van der Waals surface area contributed by atoms with Crippen LogP contribution in [0.15, 0.2) is 0 Å². The lowest BCUT2D eigenvalue weighted by Gasteiger charge is -2.05. The number of hydrogen-bond donors (Lipinski definition) is 1. The second kappa shape index (κ2) is 8.53. The molecule has 0 heterocycles. The SMILES string of the molecule is C1CCCCC1.CCC(=O)OO. The van der Waals surface area contributed by atoms with Gasteiger partial charge in [-0.25, -0.2) is 4.79 Å². The summed E-state index contributed by atoms with van der Waals surface area (Å²) in [6, 6.07) is 0. The van der Waals surface area contributed by atoms with Crippen LogP contribution in [0.3, 0.4) is 0 Å². The number of carbonyl (C=O) groups excluding carboxylic acids is 1. The maximum atomic E-state index is 9.71. The van der Waals surface area contributed by atoms with E-state index < -0.39 is 5.97 Å². The molecule has 0 amide bonds. The fourth-order valence-electron chi connectivity index (χ4n) is 1.13. The van der Waals surface area contributed by atoms with Crippen LogP contribution in [-0.2, 0) is 9.68 Å². The monoisotopic (exact) mass is 174 g/mol. The molecule has 0 radical (unpaired) electrons. The van der Waals surface area contributed by atoms with Crippen molar-refractivity contribution in [3.8, 4) is 0 Å². The minimum absolute atomic E-state index is 0.219. The van der Waals surface area contributed by atoms with Crippen molar-refractivity contribution in [1.29, 1.82) is 0 Å². The summed E-state index contributed by atoms with van der Waals surface area (Å²) >= 11 is 0. The van der Waals surface area contributed by atoms with Crippen LogP contribution in [-0.4, -0.2) is 11.2 Å². The first-order valence-electron chi connectivity index (χ1n) is 4.65. The molecule has 0 atom stereocenters. The van der Waals surface area contributed by atoms with E-state index in [1.54, 1.807) is 6.92 Å². The van der Waals surface area contributed by atoms with Gasteiger partial charge in [-0.3, -0.25) is 0 Å². The fraction of sp³-hybridized carbons (Fsp3) is 0.889. The van der Waals surface area contributed by atoms with E-state index >= 15 is 0 Å². The van der Waals surface area contributed by atoms with Crippen LogP contribution in [0.4, 0.5) is 0 Å². The molecule has 1 rings (SSSR count). The van der Waals surface area contributed by atoms with Crippen molar-refractivity contribution < 1.29 is 14.9 Å². The first-order chi connectivity index (χ1) is 5.81. The average Bonchev–Trinajstić information content (AvgIpc) is 2.20. The highest BCUT2D eigenvalue weighted by molar-refractivity contribution is 5.67. The first kappa shape index (κ1) is 11.4. The highest BCUT2D eigenvalue weighted by atomic mass is 17.1. The van der Waals surface area contributed by atoms with Gasteiger partial charge in [0.05, 0.1) is 0 Å². The van der Waals surface area contributed by atoms with E-state index in [0.29, 0.717) is 0 Å². The minimum atomic E-state index is -0.602. The largest absolute Gasteiger partial charge is 0.341 e. The summed E-state index contributed by atoms with van der Waals surface area (Å²) in [5.74, 6) is -0.602. The van der Waals surface area contributed by atoms with Gasteiger partial charge < -0.3 is 4.89 Å². The Kier molecular flexibility index (Phi) is 8.12. The zero-order valence-electron chi connectivity index (χ0n) is 7.71. The van der Waals surface area contributed by atoms with Gasteiger partial charge >= 0.3 is 5.97 Å². The quantitative estimate of drug-likeness (QED) is 0.491. The Bertz CT molecular complexity index is 90.8. The Hall–Kier alpha value is -0.570. The summed E-state index contributed by atoms with van der Waals surface area (Å²) < 4.78 is 0. The van der Waals surface area contributed by atoms with E-state index in [0.717, 1.165) is 0 Å². The van der Waals surface area contributed by atoms with Crippen molar-refractivity contribution in [3.05, 3.63) is 0 Å². The topological polar surface area (TPSA) is 46.5 Å². The Labute approximate surface area is 73.7 Å². The molecule has 0 aromatic heterocycles. The van der Waals surface area contributed by atoms with E-state index in [2.05, 4.69) is 4.89 Å². The van der Waals surface area contributed by atoms with Crippen LogP contribution in [0.2, 0.25) is 0 Å². The molecule has 1 N–H and O–H groups in total. The Morgan fingerprint density at radius 1 is 1.17 bits per heavy atom. The van der Waals surface area contributed by atoms with E-state index in [9.17, 15) is 4.79 Å². The normalized spacial score (nSPS) is 15.8. The lowest BCUT2D eigenvalue weighted by atomic mass is 10.0. The van der Waals surface area contributed by atoms with E-state index in [-0.39, 0.29) is 6.42 Å². The number of rotatable bonds is 1. The smallest absolute Gasteiger partial charge is 0.301 e. The minimum Gasteiger partial charge on any atom is -0.301 e. The molecular formula is C9H18O3. The standard InChI is InChI=1S/C6H12.C3H6O3/c1-2-4-6-5-3-1;1-2-3(4)6-5/h1-6H2;5H,2H2,1H3. The summed E-state index contributed by atoms with van der Waals surface area (Å²) in [7, 11) is 0. The molecule has 0 aromatic rings. The molecule has 1 saturated carbocycles. The third-order valence-electron chi connectivity index (χ3n) is 1.89. The van der Waals surface area contributed by atoms with Gasteiger partial charge in [-0.1, -0.05) is 45.4 Å². The molecule has 0 spiro atoms. The van der Waals surface area contributed by atoms with Gasteiger partial charge in [0.15, 0.2) is 0 Å². The third kappa shape index (κ3) is 7.54. The average molecular weight is 174 g/mol. The van der Waals surface area contributed by atoms with Gasteiger partial charge in [-0.2, -0.15) is 5.26 Å². The molecule has 0 bridgehead atoms.